The summed E-state index contributed by atoms with van der Waals surface area (Å²) in [7, 11) is 0. The molecule has 2 N–H and O–H groups in total. The smallest absolute Gasteiger partial charge is 0.343 e. The number of ether oxygens (including phenoxy) is 1. The van der Waals surface area contributed by atoms with E-state index in [2.05, 4.69) is 0 Å². The molecule has 0 bridgehead atoms. The van der Waals surface area contributed by atoms with Gasteiger partial charge in [0.05, 0.1) is 5.88 Å². The Hall–Kier alpha value is -1.81. The summed E-state index contributed by atoms with van der Waals surface area (Å²) in [5.41, 5.74) is 0.574. The second-order valence-corrected chi connectivity index (χ2v) is 3.91. The minimum absolute atomic E-state index is 0.0776. The van der Waals surface area contributed by atoms with Crippen LogP contribution in [0.4, 0.5) is 0 Å². The first-order valence-corrected chi connectivity index (χ1v) is 5.84. The van der Waals surface area contributed by atoms with E-state index in [0.717, 1.165) is 5.56 Å². The van der Waals surface area contributed by atoms with Gasteiger partial charge in [0, 0.05) is 5.71 Å². The number of nitrogens with one attached hydrogen (secondary N) is 1. The summed E-state index contributed by atoms with van der Waals surface area (Å²) >= 11 is 5.44. The molecule has 1 rings (SSSR count). The Balaban J connectivity index is 2.73. The number of aliphatic hydroxyl groups excluding tert-OH is 1. The van der Waals surface area contributed by atoms with Gasteiger partial charge in [0.2, 0.25) is 0 Å². The van der Waals surface area contributed by atoms with Crippen molar-refractivity contribution in [3.63, 3.8) is 0 Å². The van der Waals surface area contributed by atoms with Crippen molar-refractivity contribution in [1.82, 2.24) is 0 Å². The Labute approximate surface area is 110 Å². The van der Waals surface area contributed by atoms with Crippen molar-refractivity contribution >= 4 is 23.3 Å². The Morgan fingerprint density at radius 2 is 2.00 bits per heavy atom. The van der Waals surface area contributed by atoms with Crippen molar-refractivity contribution in [3.05, 3.63) is 47.2 Å². The topological polar surface area (TPSA) is 70.4 Å². The van der Waals surface area contributed by atoms with Crippen LogP contribution in [0.5, 0.6) is 0 Å². The van der Waals surface area contributed by atoms with Gasteiger partial charge in [-0.15, -0.1) is 11.6 Å². The number of hydrogen-bond donors (Lipinski definition) is 2. The zero-order chi connectivity index (χ0) is 13.5. The van der Waals surface area contributed by atoms with Crippen molar-refractivity contribution in [2.75, 3.05) is 5.88 Å². The molecule has 96 valence electrons. The van der Waals surface area contributed by atoms with Crippen molar-refractivity contribution in [1.29, 1.82) is 5.41 Å². The number of aliphatic hydroxyl groups is 1. The lowest BCUT2D eigenvalue weighted by atomic mass is 10.1. The highest BCUT2D eigenvalue weighted by Crippen LogP contribution is 2.10. The van der Waals surface area contributed by atoms with Crippen molar-refractivity contribution in [2.45, 2.75) is 13.5 Å². The molecule has 0 amide bonds. The molecule has 1 aromatic carbocycles. The van der Waals surface area contributed by atoms with E-state index in [-0.39, 0.29) is 29.5 Å². The number of carbonyl (C=O) groups excluding carboxylic acids is 1. The average Bonchev–Trinajstić information content (AvgIpc) is 2.37. The number of halogens is 1. The van der Waals surface area contributed by atoms with Crippen LogP contribution in [0.25, 0.3) is 0 Å². The molecule has 0 aliphatic carbocycles. The molecule has 1 aromatic rings. The number of esters is 1. The number of carbonyl (C=O) groups is 1. The molecule has 0 aliphatic heterocycles. The average molecular weight is 268 g/mol. The van der Waals surface area contributed by atoms with E-state index < -0.39 is 5.97 Å². The van der Waals surface area contributed by atoms with Gasteiger partial charge in [-0.1, -0.05) is 30.3 Å². The van der Waals surface area contributed by atoms with Gasteiger partial charge in [-0.2, -0.15) is 0 Å². The second-order valence-electron chi connectivity index (χ2n) is 3.64. The van der Waals surface area contributed by atoms with E-state index in [1.807, 2.05) is 30.3 Å². The van der Waals surface area contributed by atoms with Gasteiger partial charge in [-0.3, -0.25) is 0 Å². The summed E-state index contributed by atoms with van der Waals surface area (Å²) in [6, 6.07) is 9.15. The molecule has 5 heteroatoms. The molecule has 0 spiro atoms. The summed E-state index contributed by atoms with van der Waals surface area (Å²) in [6.45, 7) is 1.48. The molecule has 0 saturated carbocycles. The maximum absolute atomic E-state index is 11.7. The van der Waals surface area contributed by atoms with Crippen LogP contribution in [0.2, 0.25) is 0 Å². The van der Waals surface area contributed by atoms with Crippen molar-refractivity contribution in [2.24, 2.45) is 0 Å². The van der Waals surface area contributed by atoms with Gasteiger partial charge in [0.15, 0.2) is 0 Å². The molecule has 0 radical (unpaired) electrons. The fourth-order valence-electron chi connectivity index (χ4n) is 1.35. The highest BCUT2D eigenvalue weighted by Gasteiger charge is 2.18. The molecule has 0 aliphatic rings. The third-order valence-corrected chi connectivity index (χ3v) is 2.46. The van der Waals surface area contributed by atoms with Crippen LogP contribution in [0, 0.1) is 5.41 Å². The third-order valence-electron chi connectivity index (χ3n) is 2.21. The Kier molecular flexibility index (Phi) is 5.39. The molecule has 0 heterocycles. The zero-order valence-electron chi connectivity index (χ0n) is 9.94. The van der Waals surface area contributed by atoms with Gasteiger partial charge in [0.1, 0.15) is 17.9 Å². The molecule has 0 unspecified atom stereocenters. The Morgan fingerprint density at radius 1 is 1.39 bits per heavy atom. The fourth-order valence-corrected chi connectivity index (χ4v) is 1.48. The van der Waals surface area contributed by atoms with Crippen molar-refractivity contribution < 1.29 is 14.6 Å². The second kappa shape index (κ2) is 6.81. The van der Waals surface area contributed by atoms with Crippen LogP contribution in [0.3, 0.4) is 0 Å². The van der Waals surface area contributed by atoms with Gasteiger partial charge in [-0.05, 0) is 12.5 Å². The third kappa shape index (κ3) is 3.89. The highest BCUT2D eigenvalue weighted by atomic mass is 35.5. The van der Waals surface area contributed by atoms with Crippen molar-refractivity contribution in [3.8, 4) is 0 Å². The number of benzene rings is 1. The molecule has 18 heavy (non-hydrogen) atoms. The van der Waals surface area contributed by atoms with E-state index >= 15 is 0 Å². The normalized spacial score (nSPS) is 11.7. The van der Waals surface area contributed by atoms with Crippen LogP contribution in [-0.4, -0.2) is 22.7 Å². The van der Waals surface area contributed by atoms with E-state index in [4.69, 9.17) is 21.7 Å². The quantitative estimate of drug-likeness (QED) is 0.283. The monoisotopic (exact) mass is 267 g/mol. The molecule has 0 atom stereocenters. The molecule has 0 aromatic heterocycles. The largest absolute Gasteiger partial charge is 0.510 e. The van der Waals surface area contributed by atoms with E-state index in [1.165, 1.54) is 6.92 Å². The predicted octanol–water partition coefficient (Wildman–Crippen LogP) is 2.82. The minimum atomic E-state index is -0.746. The van der Waals surface area contributed by atoms with Crippen LogP contribution >= 0.6 is 11.6 Å². The van der Waals surface area contributed by atoms with Gasteiger partial charge in [-0.25, -0.2) is 4.79 Å². The maximum atomic E-state index is 11.7. The summed E-state index contributed by atoms with van der Waals surface area (Å²) in [5, 5.41) is 16.9. The van der Waals surface area contributed by atoms with Gasteiger partial charge < -0.3 is 15.3 Å². The summed E-state index contributed by atoms with van der Waals surface area (Å²) in [4.78, 5) is 11.7. The number of alkyl halides is 1. The minimum Gasteiger partial charge on any atom is -0.510 e. The van der Waals surface area contributed by atoms with E-state index in [9.17, 15) is 9.90 Å². The fraction of sp³-hybridized carbons (Fsp3) is 0.231. The Morgan fingerprint density at radius 3 is 2.50 bits per heavy atom. The number of hydrogen-bond acceptors (Lipinski definition) is 4. The van der Waals surface area contributed by atoms with Crippen LogP contribution in [0.15, 0.2) is 41.7 Å². The molecular weight excluding hydrogens is 254 g/mol. The van der Waals surface area contributed by atoms with Crippen LogP contribution in [0.1, 0.15) is 12.5 Å². The number of rotatable bonds is 5. The first-order valence-electron chi connectivity index (χ1n) is 5.31. The lowest BCUT2D eigenvalue weighted by Crippen LogP contribution is -2.16. The first kappa shape index (κ1) is 14.3. The van der Waals surface area contributed by atoms with Crippen LogP contribution in [-0.2, 0) is 16.1 Å². The summed E-state index contributed by atoms with van der Waals surface area (Å²) in [6.07, 6.45) is 0. The molecule has 0 saturated heterocycles. The van der Waals surface area contributed by atoms with E-state index in [0.29, 0.717) is 0 Å². The van der Waals surface area contributed by atoms with Crippen LogP contribution < -0.4 is 0 Å². The van der Waals surface area contributed by atoms with Gasteiger partial charge in [0.25, 0.3) is 0 Å². The predicted molar refractivity (Wildman–Crippen MR) is 70.0 cm³/mol. The summed E-state index contributed by atoms with van der Waals surface area (Å²) < 4.78 is 5.02. The van der Waals surface area contributed by atoms with Gasteiger partial charge >= 0.3 is 5.97 Å². The summed E-state index contributed by atoms with van der Waals surface area (Å²) in [5.74, 6) is -1.32. The molecule has 0 fully saturated rings. The number of allylic oxidation sites excluding steroid dienone is 1. The first-order chi connectivity index (χ1) is 8.56. The standard InChI is InChI=1S/C13H14ClNO3/c1-9(15)12(11(16)7-14)13(17)18-8-10-5-3-2-4-6-10/h2-6,15-16H,7-8H2,1H3/b12-11+,15-9?. The lowest BCUT2D eigenvalue weighted by Gasteiger charge is -2.08. The Bertz CT molecular complexity index is 468. The zero-order valence-corrected chi connectivity index (χ0v) is 10.7. The molecular formula is C13H14ClNO3. The maximum Gasteiger partial charge on any atom is 0.343 e. The highest BCUT2D eigenvalue weighted by molar-refractivity contribution is 6.22. The SMILES string of the molecule is CC(=N)/C(C(=O)OCc1ccccc1)=C(\O)CCl. The van der Waals surface area contributed by atoms with E-state index in [1.54, 1.807) is 0 Å². The molecule has 4 nitrogen and oxygen atoms in total. The lowest BCUT2D eigenvalue weighted by molar-refractivity contribution is -0.139.